The second-order valence-electron chi connectivity index (χ2n) is 17.2. The summed E-state index contributed by atoms with van der Waals surface area (Å²) in [5.74, 6) is -5.63. The number of hydrogen-bond acceptors (Lipinski definition) is 0. The van der Waals surface area contributed by atoms with Gasteiger partial charge in [-0.2, -0.15) is 132 Å². The van der Waals surface area contributed by atoms with Crippen molar-refractivity contribution in [2.75, 3.05) is 0 Å². The number of alkyl halides is 30. The van der Waals surface area contributed by atoms with Crippen molar-refractivity contribution in [2.45, 2.75) is 79.0 Å². The quantitative estimate of drug-likeness (QED) is 0.105. The molecule has 0 aliphatic heterocycles. The first kappa shape index (κ1) is 61.4. The van der Waals surface area contributed by atoms with Crippen molar-refractivity contribution in [3.63, 3.8) is 0 Å². The SMILES string of the molecule is FC(F)(F)c1cc(C(c2ccc(C(c3ccc(C(c4cc(C(F)(F)F)cc(C(F)(F)F)c4)c4cc(C(F)(F)F)cc(C(F)(F)F)c4)cc3)(C(F)(F)F)C(F)(F)F)cc2)c2cc(C(F)(F)F)cc(C(F)(F)F)c2)cc(C(F)(F)F)c1. The molecule has 0 saturated carbocycles. The van der Waals surface area contributed by atoms with Crippen LogP contribution in [0.4, 0.5) is 132 Å². The van der Waals surface area contributed by atoms with Gasteiger partial charge in [-0.1, -0.05) is 48.5 Å². The van der Waals surface area contributed by atoms with Gasteiger partial charge in [0, 0.05) is 11.8 Å². The van der Waals surface area contributed by atoms with E-state index in [0.717, 1.165) is 0 Å². The maximum atomic E-state index is 15.5. The van der Waals surface area contributed by atoms with Gasteiger partial charge >= 0.3 is 61.8 Å². The molecule has 0 bridgehead atoms. The molecule has 428 valence electrons. The average molecular weight is 1180 g/mol. The lowest BCUT2D eigenvalue weighted by Gasteiger charge is -2.38. The van der Waals surface area contributed by atoms with Gasteiger partial charge in [0.15, 0.2) is 0 Å². The largest absolute Gasteiger partial charge is 0.416 e. The van der Waals surface area contributed by atoms with Crippen LogP contribution in [-0.2, 0) is 54.8 Å². The van der Waals surface area contributed by atoms with E-state index in [-0.39, 0.29) is 97.1 Å². The maximum absolute atomic E-state index is 15.5. The lowest BCUT2D eigenvalue weighted by molar-refractivity contribution is -0.288. The molecule has 0 heterocycles. The van der Waals surface area contributed by atoms with Crippen LogP contribution < -0.4 is 0 Å². The molecule has 0 aromatic heterocycles. The van der Waals surface area contributed by atoms with E-state index in [1.54, 1.807) is 0 Å². The first-order chi connectivity index (χ1) is 35.5. The van der Waals surface area contributed by atoms with E-state index in [1.165, 1.54) is 0 Å². The Labute approximate surface area is 420 Å². The predicted octanol–water partition coefficient (Wildman–Crippen LogP) is 19.6. The van der Waals surface area contributed by atoms with Crippen LogP contribution in [0.5, 0.6) is 0 Å². The molecule has 0 fully saturated rings. The normalized spacial score (nSPS) is 14.2. The maximum Gasteiger partial charge on any atom is 0.416 e. The molecular formula is C49H22F30. The summed E-state index contributed by atoms with van der Waals surface area (Å²) in [6.07, 6.45) is -60.0. The third kappa shape index (κ3) is 12.8. The van der Waals surface area contributed by atoms with Gasteiger partial charge in [-0.3, -0.25) is 0 Å². The van der Waals surface area contributed by atoms with Gasteiger partial charge in [0.2, 0.25) is 5.41 Å². The Morgan fingerprint density at radius 2 is 0.329 bits per heavy atom. The van der Waals surface area contributed by atoms with Crippen molar-refractivity contribution in [2.24, 2.45) is 0 Å². The first-order valence-electron chi connectivity index (χ1n) is 21.0. The fourth-order valence-electron chi connectivity index (χ4n) is 8.57. The Balaban J connectivity index is 1.67. The second kappa shape index (κ2) is 19.8. The molecule has 0 saturated heterocycles. The molecule has 0 amide bonds. The van der Waals surface area contributed by atoms with Crippen LogP contribution in [0.3, 0.4) is 0 Å². The van der Waals surface area contributed by atoms with Gasteiger partial charge in [-0.15, -0.1) is 0 Å². The van der Waals surface area contributed by atoms with Crippen LogP contribution in [0.2, 0.25) is 0 Å². The van der Waals surface area contributed by atoms with Crippen LogP contribution in [0.25, 0.3) is 0 Å². The molecule has 0 spiro atoms. The molecular weight excluding hydrogens is 1160 g/mol. The zero-order valence-electron chi connectivity index (χ0n) is 37.5. The lowest BCUT2D eigenvalue weighted by atomic mass is 9.71. The average Bonchev–Trinajstić information content (AvgIpc) is 3.31. The molecule has 0 unspecified atom stereocenters. The van der Waals surface area contributed by atoms with E-state index in [1.807, 2.05) is 0 Å². The van der Waals surface area contributed by atoms with E-state index in [9.17, 15) is 105 Å². The third-order valence-corrected chi connectivity index (χ3v) is 12.0. The van der Waals surface area contributed by atoms with Crippen LogP contribution >= 0.6 is 0 Å². The van der Waals surface area contributed by atoms with Gasteiger partial charge in [0.25, 0.3) is 0 Å². The monoisotopic (exact) mass is 1180 g/mol. The highest BCUT2D eigenvalue weighted by atomic mass is 19.4. The summed E-state index contributed by atoms with van der Waals surface area (Å²) in [6.45, 7) is 0. The van der Waals surface area contributed by atoms with Crippen molar-refractivity contribution in [1.82, 2.24) is 0 Å². The van der Waals surface area contributed by atoms with Gasteiger partial charge in [-0.25, -0.2) is 0 Å². The zero-order valence-corrected chi connectivity index (χ0v) is 37.5. The highest BCUT2D eigenvalue weighted by molar-refractivity contribution is 5.54. The summed E-state index contributed by atoms with van der Waals surface area (Å²) >= 11 is 0. The summed E-state index contributed by atoms with van der Waals surface area (Å²) in [6, 6.07) is -5.07. The van der Waals surface area contributed by atoms with E-state index in [4.69, 9.17) is 0 Å². The van der Waals surface area contributed by atoms with Crippen LogP contribution in [0.1, 0.15) is 101 Å². The fourth-order valence-corrected chi connectivity index (χ4v) is 8.57. The molecule has 0 aliphatic rings. The zero-order chi connectivity index (χ0) is 60.0. The standard InChI is InChI=1S/C49H22F30/c50-40(51,52)29-9-23(10-30(17-29)41(53,54)55)37(24-11-31(42(56,57)58)18-32(12-24)43(59,60)61)21-1-5-27(6-2-21)39(48(74,75)76,49(77,78)79)28-7-3-22(4-8-28)38(25-13-33(44(62,63)64)19-34(14-25)45(65,66)67)26-15-35(46(68,69)70)20-36(16-26)47(71,72)73/h1-20,37-38H. The minimum absolute atomic E-state index is 0.00935. The summed E-state index contributed by atoms with van der Waals surface area (Å²) in [5, 5.41) is 0. The molecule has 6 aromatic rings. The Morgan fingerprint density at radius 1 is 0.177 bits per heavy atom. The minimum atomic E-state index is -6.79. The molecule has 6 aromatic carbocycles. The molecule has 30 heteroatoms. The summed E-state index contributed by atoms with van der Waals surface area (Å²) in [5.41, 5.74) is -36.4. The summed E-state index contributed by atoms with van der Waals surface area (Å²) in [7, 11) is 0. The van der Waals surface area contributed by atoms with E-state index in [0.29, 0.717) is 0 Å². The Hall–Kier alpha value is -6.78. The molecule has 0 atom stereocenters. The number of hydrogen-bond donors (Lipinski definition) is 0. The number of halogens is 30. The van der Waals surface area contributed by atoms with Gasteiger partial charge < -0.3 is 0 Å². The number of rotatable bonds is 8. The summed E-state index contributed by atoms with van der Waals surface area (Å²) < 4.78 is 430. The lowest BCUT2D eigenvalue weighted by Crippen LogP contribution is -2.54. The Morgan fingerprint density at radius 3 is 0.456 bits per heavy atom. The second-order valence-corrected chi connectivity index (χ2v) is 17.2. The van der Waals surface area contributed by atoms with Crippen molar-refractivity contribution in [1.29, 1.82) is 0 Å². The minimum Gasteiger partial charge on any atom is -0.169 e. The van der Waals surface area contributed by atoms with Crippen LogP contribution in [0.15, 0.2) is 121 Å². The first-order valence-corrected chi connectivity index (χ1v) is 21.0. The molecule has 79 heavy (non-hydrogen) atoms. The van der Waals surface area contributed by atoms with Gasteiger partial charge in [0.1, 0.15) is 0 Å². The third-order valence-electron chi connectivity index (χ3n) is 12.0. The fraction of sp³-hybridized carbons (Fsp3) is 0.265. The molecule has 0 nitrogen and oxygen atoms in total. The summed E-state index contributed by atoms with van der Waals surface area (Å²) in [4.78, 5) is 0. The predicted molar refractivity (Wildman–Crippen MR) is 213 cm³/mol. The van der Waals surface area contributed by atoms with Crippen molar-refractivity contribution in [3.05, 3.63) is 210 Å². The van der Waals surface area contributed by atoms with Crippen LogP contribution in [0, 0.1) is 0 Å². The topological polar surface area (TPSA) is 0 Å². The van der Waals surface area contributed by atoms with Gasteiger partial charge in [0.05, 0.1) is 44.5 Å². The Bertz CT molecular complexity index is 2670. The highest BCUT2D eigenvalue weighted by Gasteiger charge is 2.72. The van der Waals surface area contributed by atoms with Crippen LogP contribution in [-0.4, -0.2) is 12.4 Å². The van der Waals surface area contributed by atoms with Gasteiger partial charge in [-0.05, 0) is 117 Å². The van der Waals surface area contributed by atoms with Crippen molar-refractivity contribution >= 4 is 0 Å². The van der Waals surface area contributed by atoms with E-state index >= 15 is 26.3 Å². The van der Waals surface area contributed by atoms with Crippen molar-refractivity contribution < 1.29 is 132 Å². The molecule has 6 rings (SSSR count). The highest BCUT2D eigenvalue weighted by Crippen LogP contribution is 2.57. The van der Waals surface area contributed by atoms with E-state index in [2.05, 4.69) is 0 Å². The molecule has 0 radical (unpaired) electrons. The smallest absolute Gasteiger partial charge is 0.169 e. The number of benzene rings is 6. The van der Waals surface area contributed by atoms with E-state index < -0.39 is 192 Å². The molecule has 0 aliphatic carbocycles. The van der Waals surface area contributed by atoms with Crippen molar-refractivity contribution in [3.8, 4) is 0 Å². The molecule has 0 N–H and O–H groups in total. The Kier molecular flexibility index (Phi) is 15.4.